The van der Waals surface area contributed by atoms with E-state index >= 15 is 0 Å². The SMILES string of the molecule is COc1cccc(CSc2nc3ccccc3[nH]2)c1N.COc1cccc(CSc2nc3ccccc3[nH]2)c1N.O. The van der Waals surface area contributed by atoms with Gasteiger partial charge in [-0.25, -0.2) is 9.97 Å². The predicted molar refractivity (Wildman–Crippen MR) is 170 cm³/mol. The van der Waals surface area contributed by atoms with Crippen LogP contribution in [0.1, 0.15) is 11.1 Å². The Morgan fingerprint density at radius 3 is 1.41 bits per heavy atom. The van der Waals surface area contributed by atoms with Gasteiger partial charge in [0.25, 0.3) is 0 Å². The highest BCUT2D eigenvalue weighted by molar-refractivity contribution is 7.98. The Balaban J connectivity index is 0.000000184. The number of nitrogens with two attached hydrogens (primary N) is 2. The van der Waals surface area contributed by atoms with Crippen LogP contribution in [0.25, 0.3) is 22.1 Å². The zero-order valence-electron chi connectivity index (χ0n) is 22.7. The third-order valence-electron chi connectivity index (χ3n) is 6.22. The average molecular weight is 589 g/mol. The van der Waals surface area contributed by atoms with Crippen molar-refractivity contribution >= 4 is 57.0 Å². The lowest BCUT2D eigenvalue weighted by Gasteiger charge is -2.08. The number of hydrogen-bond acceptors (Lipinski definition) is 8. The lowest BCUT2D eigenvalue weighted by molar-refractivity contribution is 0.416. The summed E-state index contributed by atoms with van der Waals surface area (Å²) in [7, 11) is 3.25. The van der Waals surface area contributed by atoms with Crippen LogP contribution in [0.2, 0.25) is 0 Å². The van der Waals surface area contributed by atoms with E-state index in [1.807, 2.05) is 84.9 Å². The molecule has 2 aromatic heterocycles. The topological polar surface area (TPSA) is 159 Å². The van der Waals surface area contributed by atoms with Gasteiger partial charge in [0, 0.05) is 11.5 Å². The van der Waals surface area contributed by atoms with E-state index < -0.39 is 0 Å². The molecule has 0 unspecified atom stereocenters. The third-order valence-corrected chi connectivity index (χ3v) is 8.06. The number of H-pyrrole nitrogens is 2. The van der Waals surface area contributed by atoms with Crippen LogP contribution in [0, 0.1) is 0 Å². The molecule has 0 bridgehead atoms. The van der Waals surface area contributed by atoms with Gasteiger partial charge in [0.15, 0.2) is 10.3 Å². The van der Waals surface area contributed by atoms with E-state index in [0.29, 0.717) is 22.9 Å². The van der Waals surface area contributed by atoms with Crippen molar-refractivity contribution in [3.8, 4) is 11.5 Å². The first-order valence-electron chi connectivity index (χ1n) is 12.5. The first-order chi connectivity index (χ1) is 19.6. The standard InChI is InChI=1S/2C15H15N3OS.H2O/c2*1-19-13-8-4-5-10(14(13)16)9-20-15-17-11-6-2-3-7-12(11)18-15;/h2*2-8H,9,16H2,1H3,(H,17,18);1H2. The maximum absolute atomic E-state index is 6.06. The maximum Gasteiger partial charge on any atom is 0.166 e. The maximum atomic E-state index is 6.06. The number of rotatable bonds is 8. The Hall–Kier alpha value is -4.32. The first kappa shape index (κ1) is 29.7. The highest BCUT2D eigenvalue weighted by Gasteiger charge is 2.09. The normalized spacial score (nSPS) is 10.6. The van der Waals surface area contributed by atoms with E-state index in [2.05, 4.69) is 19.9 Å². The van der Waals surface area contributed by atoms with E-state index in [4.69, 9.17) is 20.9 Å². The molecule has 0 saturated heterocycles. The van der Waals surface area contributed by atoms with Crippen molar-refractivity contribution in [2.75, 3.05) is 25.7 Å². The number of aromatic amines is 2. The number of thioether (sulfide) groups is 2. The second kappa shape index (κ2) is 13.8. The van der Waals surface area contributed by atoms with Crippen LogP contribution < -0.4 is 20.9 Å². The number of benzene rings is 4. The average Bonchev–Trinajstić information content (AvgIpc) is 3.60. The zero-order chi connectivity index (χ0) is 27.9. The minimum atomic E-state index is 0. The molecule has 4 aromatic carbocycles. The second-order valence-electron chi connectivity index (χ2n) is 8.76. The van der Waals surface area contributed by atoms with Gasteiger partial charge in [0.1, 0.15) is 11.5 Å². The monoisotopic (exact) mass is 588 g/mol. The van der Waals surface area contributed by atoms with Crippen LogP contribution >= 0.6 is 23.5 Å². The van der Waals surface area contributed by atoms with Crippen LogP contribution in [0.3, 0.4) is 0 Å². The number of imidazole rings is 2. The van der Waals surface area contributed by atoms with Crippen molar-refractivity contribution < 1.29 is 14.9 Å². The summed E-state index contributed by atoms with van der Waals surface area (Å²) >= 11 is 3.26. The summed E-state index contributed by atoms with van der Waals surface area (Å²) < 4.78 is 10.5. The Morgan fingerprint density at radius 2 is 1.02 bits per heavy atom. The van der Waals surface area contributed by atoms with E-state index in [1.54, 1.807) is 37.7 Å². The Labute approximate surface area is 246 Å². The lowest BCUT2D eigenvalue weighted by Crippen LogP contribution is -1.97. The largest absolute Gasteiger partial charge is 0.495 e. The molecule has 2 heterocycles. The number of anilines is 2. The summed E-state index contributed by atoms with van der Waals surface area (Å²) in [5, 5.41) is 1.79. The van der Waals surface area contributed by atoms with Crippen molar-refractivity contribution in [1.82, 2.24) is 19.9 Å². The number of nitrogens with one attached hydrogen (secondary N) is 2. The van der Waals surface area contributed by atoms with Gasteiger partial charge in [-0.2, -0.15) is 0 Å². The minimum absolute atomic E-state index is 0. The van der Waals surface area contributed by atoms with E-state index in [1.165, 1.54) is 0 Å². The van der Waals surface area contributed by atoms with Gasteiger partial charge in [-0.05, 0) is 47.5 Å². The number of nitrogen functional groups attached to an aromatic ring is 2. The number of para-hydroxylation sites is 6. The molecule has 0 fully saturated rings. The number of aromatic nitrogens is 4. The number of ether oxygens (including phenoxy) is 2. The highest BCUT2D eigenvalue weighted by atomic mass is 32.2. The Kier molecular flexibility index (Phi) is 10.0. The van der Waals surface area contributed by atoms with E-state index in [-0.39, 0.29) is 5.48 Å². The van der Waals surface area contributed by atoms with E-state index in [9.17, 15) is 0 Å². The van der Waals surface area contributed by atoms with Crippen molar-refractivity contribution in [1.29, 1.82) is 0 Å². The fourth-order valence-corrected chi connectivity index (χ4v) is 5.85. The molecule has 6 rings (SSSR count). The number of methoxy groups -OCH3 is 2. The molecule has 8 N–H and O–H groups in total. The van der Waals surface area contributed by atoms with Gasteiger partial charge >= 0.3 is 0 Å². The minimum Gasteiger partial charge on any atom is -0.495 e. The summed E-state index contributed by atoms with van der Waals surface area (Å²) in [5.74, 6) is 2.94. The van der Waals surface area contributed by atoms with Crippen molar-refractivity contribution in [3.05, 3.63) is 96.1 Å². The van der Waals surface area contributed by atoms with Crippen LogP contribution in [-0.4, -0.2) is 39.6 Å². The van der Waals surface area contributed by atoms with Gasteiger partial charge in [-0.15, -0.1) is 0 Å². The van der Waals surface area contributed by atoms with Crippen LogP contribution in [0.15, 0.2) is 95.2 Å². The van der Waals surface area contributed by atoms with Crippen molar-refractivity contribution in [2.24, 2.45) is 0 Å². The molecule has 0 spiro atoms. The summed E-state index contributed by atoms with van der Waals surface area (Å²) in [6.07, 6.45) is 0. The molecule has 11 heteroatoms. The van der Waals surface area contributed by atoms with Gasteiger partial charge < -0.3 is 36.4 Å². The van der Waals surface area contributed by atoms with Crippen LogP contribution in [-0.2, 0) is 11.5 Å². The number of nitrogens with zero attached hydrogens (tertiary/aromatic N) is 2. The van der Waals surface area contributed by atoms with E-state index in [0.717, 1.165) is 55.0 Å². The second-order valence-corrected chi connectivity index (χ2v) is 10.7. The molecule has 0 saturated carbocycles. The summed E-state index contributed by atoms with van der Waals surface area (Å²) in [6.45, 7) is 0. The summed E-state index contributed by atoms with van der Waals surface area (Å²) in [4.78, 5) is 15.7. The third kappa shape index (κ3) is 7.07. The lowest BCUT2D eigenvalue weighted by atomic mass is 10.2. The quantitative estimate of drug-likeness (QED) is 0.123. The van der Waals surface area contributed by atoms with Gasteiger partial charge in [-0.3, -0.25) is 0 Å². The molecule has 6 aromatic rings. The van der Waals surface area contributed by atoms with Gasteiger partial charge in [-0.1, -0.05) is 72.1 Å². The Bertz CT molecular complexity index is 1540. The summed E-state index contributed by atoms with van der Waals surface area (Å²) in [6, 6.07) is 27.6. The molecule has 0 aliphatic heterocycles. The predicted octanol–water partition coefficient (Wildman–Crippen LogP) is 6.07. The smallest absolute Gasteiger partial charge is 0.166 e. The van der Waals surface area contributed by atoms with Crippen molar-refractivity contribution in [2.45, 2.75) is 21.8 Å². The molecule has 41 heavy (non-hydrogen) atoms. The van der Waals surface area contributed by atoms with Crippen LogP contribution in [0.5, 0.6) is 11.5 Å². The molecule has 0 radical (unpaired) electrons. The highest BCUT2D eigenvalue weighted by Crippen LogP contribution is 2.31. The molecule has 0 amide bonds. The molecule has 9 nitrogen and oxygen atoms in total. The molecule has 0 aliphatic carbocycles. The molecule has 0 aliphatic rings. The van der Waals surface area contributed by atoms with Crippen molar-refractivity contribution in [3.63, 3.8) is 0 Å². The molecule has 212 valence electrons. The first-order valence-corrected chi connectivity index (χ1v) is 14.5. The van der Waals surface area contributed by atoms with Gasteiger partial charge in [0.2, 0.25) is 0 Å². The summed E-state index contributed by atoms with van der Waals surface area (Å²) in [5.41, 5.74) is 19.7. The molecular formula is C30H32N6O3S2. The zero-order valence-corrected chi connectivity index (χ0v) is 24.3. The molecular weight excluding hydrogens is 557 g/mol. The Morgan fingerprint density at radius 1 is 0.610 bits per heavy atom. The van der Waals surface area contributed by atoms with Crippen LogP contribution in [0.4, 0.5) is 11.4 Å². The number of hydrogen-bond donors (Lipinski definition) is 4. The molecule has 0 atom stereocenters. The fourth-order valence-electron chi connectivity index (χ4n) is 4.07. The van der Waals surface area contributed by atoms with Gasteiger partial charge in [0.05, 0.1) is 47.7 Å². The fraction of sp³-hybridized carbons (Fsp3) is 0.133. The number of fused-ring (bicyclic) bond motifs is 2.